The average molecular weight is 290 g/mol. The van der Waals surface area contributed by atoms with Crippen molar-refractivity contribution in [1.82, 2.24) is 4.90 Å². The Hall–Kier alpha value is -1.79. The molecule has 3 rings (SSSR count). The molecular weight excluding hydrogens is 268 g/mol. The van der Waals surface area contributed by atoms with Crippen molar-refractivity contribution in [3.05, 3.63) is 24.3 Å². The van der Waals surface area contributed by atoms with Crippen molar-refractivity contribution in [2.45, 2.75) is 6.10 Å². The van der Waals surface area contributed by atoms with E-state index in [9.17, 15) is 4.79 Å². The number of carbonyl (C=O) groups is 1. The third-order valence-electron chi connectivity index (χ3n) is 4.17. The Morgan fingerprint density at radius 1 is 1.14 bits per heavy atom. The van der Waals surface area contributed by atoms with Gasteiger partial charge in [0.25, 0.3) is 0 Å². The minimum atomic E-state index is -0.308. The molecule has 21 heavy (non-hydrogen) atoms. The van der Waals surface area contributed by atoms with E-state index in [0.717, 1.165) is 31.9 Å². The van der Waals surface area contributed by atoms with Gasteiger partial charge in [-0.15, -0.1) is 0 Å². The van der Waals surface area contributed by atoms with Crippen LogP contribution < -0.4 is 15.5 Å². The van der Waals surface area contributed by atoms with Gasteiger partial charge in [-0.1, -0.05) is 0 Å². The van der Waals surface area contributed by atoms with Crippen LogP contribution in [-0.2, 0) is 4.74 Å². The fourth-order valence-electron chi connectivity index (χ4n) is 2.76. The third-order valence-corrected chi connectivity index (χ3v) is 4.17. The number of cyclic esters (lactones) is 1. The van der Waals surface area contributed by atoms with E-state index in [1.54, 1.807) is 4.90 Å². The number of amides is 1. The Morgan fingerprint density at radius 2 is 1.76 bits per heavy atom. The Bertz CT molecular complexity index is 497. The summed E-state index contributed by atoms with van der Waals surface area (Å²) in [6.07, 6.45) is -0.507. The maximum Gasteiger partial charge on any atom is 0.414 e. The zero-order valence-corrected chi connectivity index (χ0v) is 12.4. The maximum absolute atomic E-state index is 11.8. The van der Waals surface area contributed by atoms with Crippen molar-refractivity contribution in [1.29, 1.82) is 0 Å². The Balaban J connectivity index is 1.68. The molecule has 0 radical (unpaired) electrons. The molecule has 0 saturated carbocycles. The number of anilines is 2. The molecule has 0 spiro atoms. The number of hydrogen-bond donors (Lipinski definition) is 1. The van der Waals surface area contributed by atoms with Gasteiger partial charge in [0.1, 0.15) is 6.10 Å². The van der Waals surface area contributed by atoms with Gasteiger partial charge in [0.2, 0.25) is 0 Å². The number of piperazine rings is 1. The van der Waals surface area contributed by atoms with Crippen molar-refractivity contribution in [3.8, 4) is 0 Å². The standard InChI is InChI=1S/C15H22N4O2/c1-17-6-8-18(9-7-17)12-2-4-13(5-3-12)19-11-14(10-16)21-15(19)20/h2-5,14H,6-11,16H2,1H3. The number of ether oxygens (including phenoxy) is 1. The van der Waals surface area contributed by atoms with Crippen molar-refractivity contribution in [2.24, 2.45) is 5.73 Å². The fraction of sp³-hybridized carbons (Fsp3) is 0.533. The third kappa shape index (κ3) is 2.96. The highest BCUT2D eigenvalue weighted by Crippen LogP contribution is 2.25. The van der Waals surface area contributed by atoms with E-state index >= 15 is 0 Å². The largest absolute Gasteiger partial charge is 0.443 e. The summed E-state index contributed by atoms with van der Waals surface area (Å²) in [5, 5.41) is 0. The molecule has 2 fully saturated rings. The highest BCUT2D eigenvalue weighted by Gasteiger charge is 2.31. The highest BCUT2D eigenvalue weighted by atomic mass is 16.6. The van der Waals surface area contributed by atoms with Crippen molar-refractivity contribution >= 4 is 17.5 Å². The Kier molecular flexibility index (Phi) is 3.98. The molecule has 6 nitrogen and oxygen atoms in total. The Morgan fingerprint density at radius 3 is 2.33 bits per heavy atom. The van der Waals surface area contributed by atoms with Crippen LogP contribution in [0.3, 0.4) is 0 Å². The molecule has 0 bridgehead atoms. The summed E-state index contributed by atoms with van der Waals surface area (Å²) in [5.74, 6) is 0. The van der Waals surface area contributed by atoms with E-state index < -0.39 is 0 Å². The van der Waals surface area contributed by atoms with Gasteiger partial charge in [-0.2, -0.15) is 0 Å². The van der Waals surface area contributed by atoms with E-state index in [0.29, 0.717) is 13.1 Å². The first-order chi connectivity index (χ1) is 10.2. The maximum atomic E-state index is 11.8. The van der Waals surface area contributed by atoms with Crippen molar-refractivity contribution < 1.29 is 9.53 Å². The minimum Gasteiger partial charge on any atom is -0.443 e. The number of rotatable bonds is 3. The van der Waals surface area contributed by atoms with Crippen LogP contribution >= 0.6 is 0 Å². The number of likely N-dealkylation sites (N-methyl/N-ethyl adjacent to an activating group) is 1. The summed E-state index contributed by atoms with van der Waals surface area (Å²) in [4.78, 5) is 18.1. The molecule has 0 aliphatic carbocycles. The summed E-state index contributed by atoms with van der Waals surface area (Å²) in [6.45, 7) is 5.13. The lowest BCUT2D eigenvalue weighted by Gasteiger charge is -2.34. The second-order valence-corrected chi connectivity index (χ2v) is 5.66. The Labute approximate surface area is 125 Å². The second-order valence-electron chi connectivity index (χ2n) is 5.66. The number of nitrogens with zero attached hydrogens (tertiary/aromatic N) is 3. The highest BCUT2D eigenvalue weighted by molar-refractivity contribution is 5.90. The lowest BCUT2D eigenvalue weighted by Crippen LogP contribution is -2.44. The van der Waals surface area contributed by atoms with Crippen LogP contribution in [0.5, 0.6) is 0 Å². The summed E-state index contributed by atoms with van der Waals surface area (Å²) in [7, 11) is 2.15. The smallest absolute Gasteiger partial charge is 0.414 e. The zero-order valence-electron chi connectivity index (χ0n) is 12.4. The predicted molar refractivity (Wildman–Crippen MR) is 82.8 cm³/mol. The van der Waals surface area contributed by atoms with Gasteiger partial charge in [-0.25, -0.2) is 4.79 Å². The summed E-state index contributed by atoms with van der Waals surface area (Å²) >= 11 is 0. The van der Waals surface area contributed by atoms with Crippen molar-refractivity contribution in [2.75, 3.05) is 56.1 Å². The van der Waals surface area contributed by atoms with E-state index in [1.807, 2.05) is 12.1 Å². The lowest BCUT2D eigenvalue weighted by molar-refractivity contribution is 0.145. The topological polar surface area (TPSA) is 62.0 Å². The second kappa shape index (κ2) is 5.91. The van der Waals surface area contributed by atoms with Crippen LogP contribution in [0, 0.1) is 0 Å². The van der Waals surface area contributed by atoms with Gasteiger partial charge >= 0.3 is 6.09 Å². The van der Waals surface area contributed by atoms with Crippen LogP contribution in [0.1, 0.15) is 0 Å². The van der Waals surface area contributed by atoms with E-state index in [-0.39, 0.29) is 12.2 Å². The van der Waals surface area contributed by atoms with E-state index in [4.69, 9.17) is 10.5 Å². The molecule has 1 aromatic carbocycles. The molecule has 1 aromatic rings. The van der Waals surface area contributed by atoms with Crippen LogP contribution in [0.25, 0.3) is 0 Å². The molecular formula is C15H22N4O2. The van der Waals surface area contributed by atoms with Crippen LogP contribution in [0.15, 0.2) is 24.3 Å². The van der Waals surface area contributed by atoms with Gasteiger partial charge in [0.15, 0.2) is 0 Å². The molecule has 114 valence electrons. The summed E-state index contributed by atoms with van der Waals surface area (Å²) < 4.78 is 5.18. The van der Waals surface area contributed by atoms with E-state index in [2.05, 4.69) is 29.0 Å². The summed E-state index contributed by atoms with van der Waals surface area (Å²) in [5.41, 5.74) is 7.63. The quantitative estimate of drug-likeness (QED) is 0.889. The SMILES string of the molecule is CN1CCN(c2ccc(N3CC(CN)OC3=O)cc2)CC1. The molecule has 2 aliphatic heterocycles. The zero-order chi connectivity index (χ0) is 14.8. The van der Waals surface area contributed by atoms with Gasteiger partial charge in [0.05, 0.1) is 6.54 Å². The molecule has 6 heteroatoms. The first-order valence-corrected chi connectivity index (χ1v) is 7.39. The number of benzene rings is 1. The minimum absolute atomic E-state index is 0.199. The number of nitrogens with two attached hydrogens (primary N) is 1. The first kappa shape index (κ1) is 14.2. The molecule has 2 N–H and O–H groups in total. The van der Waals surface area contributed by atoms with Crippen LogP contribution in [0.2, 0.25) is 0 Å². The van der Waals surface area contributed by atoms with Gasteiger partial charge < -0.3 is 20.3 Å². The van der Waals surface area contributed by atoms with E-state index in [1.165, 1.54) is 5.69 Å². The molecule has 2 heterocycles. The molecule has 0 aromatic heterocycles. The average Bonchev–Trinajstić information content (AvgIpc) is 2.89. The number of carbonyl (C=O) groups excluding carboxylic acids is 1. The van der Waals surface area contributed by atoms with Crippen LogP contribution in [-0.4, -0.2) is 63.4 Å². The van der Waals surface area contributed by atoms with Gasteiger partial charge in [-0.3, -0.25) is 4.90 Å². The predicted octanol–water partition coefficient (Wildman–Crippen LogP) is 0.722. The molecule has 1 amide bonds. The molecule has 1 unspecified atom stereocenters. The molecule has 2 aliphatic rings. The molecule has 1 atom stereocenters. The first-order valence-electron chi connectivity index (χ1n) is 7.39. The van der Waals surface area contributed by atoms with Gasteiger partial charge in [-0.05, 0) is 31.3 Å². The molecule has 2 saturated heterocycles. The van der Waals surface area contributed by atoms with Crippen molar-refractivity contribution in [3.63, 3.8) is 0 Å². The normalized spacial score (nSPS) is 23.5. The van der Waals surface area contributed by atoms with Gasteiger partial charge in [0, 0.05) is 44.1 Å². The lowest BCUT2D eigenvalue weighted by atomic mass is 10.2. The monoisotopic (exact) mass is 290 g/mol. The van der Waals surface area contributed by atoms with Crippen LogP contribution in [0.4, 0.5) is 16.2 Å². The summed E-state index contributed by atoms with van der Waals surface area (Å²) in [6, 6.07) is 8.11. The number of hydrogen-bond acceptors (Lipinski definition) is 5. The fourth-order valence-corrected chi connectivity index (χ4v) is 2.76.